The van der Waals surface area contributed by atoms with Crippen LogP contribution in [0.2, 0.25) is 0 Å². The van der Waals surface area contributed by atoms with E-state index < -0.39 is 5.97 Å². The van der Waals surface area contributed by atoms with Crippen molar-refractivity contribution in [1.82, 2.24) is 9.80 Å². The number of nitrogens with zero attached hydrogens (tertiary/aromatic N) is 2. The van der Waals surface area contributed by atoms with Gasteiger partial charge in [0.1, 0.15) is 0 Å². The van der Waals surface area contributed by atoms with Crippen molar-refractivity contribution in [1.29, 1.82) is 0 Å². The maximum absolute atomic E-state index is 12.7. The Morgan fingerprint density at radius 2 is 1.21 bits per heavy atom. The third-order valence-electron chi connectivity index (χ3n) is 5.95. The van der Waals surface area contributed by atoms with Crippen LogP contribution in [0.25, 0.3) is 0 Å². The second kappa shape index (κ2) is 7.53. The molecule has 2 aliphatic heterocycles. The average Bonchev–Trinajstić information content (AvgIpc) is 3.15. The van der Waals surface area contributed by atoms with E-state index in [1.165, 1.54) is 0 Å². The lowest BCUT2D eigenvalue weighted by atomic mass is 9.80. The summed E-state index contributed by atoms with van der Waals surface area (Å²) in [5, 5.41) is 9.18. The van der Waals surface area contributed by atoms with E-state index in [-0.39, 0.29) is 29.6 Å². The third kappa shape index (κ3) is 3.73. The molecule has 6 heteroatoms. The summed E-state index contributed by atoms with van der Waals surface area (Å²) in [4.78, 5) is 40.2. The highest BCUT2D eigenvalue weighted by molar-refractivity contribution is 5.82. The molecule has 0 aromatic heterocycles. The minimum absolute atomic E-state index is 0.0604. The highest BCUT2D eigenvalue weighted by Gasteiger charge is 2.36. The lowest BCUT2D eigenvalue weighted by Gasteiger charge is -2.36. The van der Waals surface area contributed by atoms with Crippen LogP contribution in [0.1, 0.15) is 51.4 Å². The monoisotopic (exact) mass is 336 g/mol. The van der Waals surface area contributed by atoms with E-state index in [0.717, 1.165) is 51.6 Å². The van der Waals surface area contributed by atoms with Crippen LogP contribution in [0.4, 0.5) is 0 Å². The van der Waals surface area contributed by atoms with Crippen molar-refractivity contribution in [3.63, 3.8) is 0 Å². The Morgan fingerprint density at radius 3 is 1.83 bits per heavy atom. The highest BCUT2D eigenvalue weighted by Crippen LogP contribution is 2.32. The van der Waals surface area contributed by atoms with E-state index in [0.29, 0.717) is 25.9 Å². The number of likely N-dealkylation sites (tertiary alicyclic amines) is 2. The van der Waals surface area contributed by atoms with Crippen LogP contribution < -0.4 is 0 Å². The molecule has 134 valence electrons. The fourth-order valence-corrected chi connectivity index (χ4v) is 4.44. The number of carbonyl (C=O) groups is 3. The van der Waals surface area contributed by atoms with E-state index in [1.807, 2.05) is 9.80 Å². The van der Waals surface area contributed by atoms with Crippen molar-refractivity contribution in [2.24, 2.45) is 17.8 Å². The Labute approximate surface area is 143 Å². The molecule has 0 radical (unpaired) electrons. The van der Waals surface area contributed by atoms with Crippen LogP contribution in [0.3, 0.4) is 0 Å². The van der Waals surface area contributed by atoms with Gasteiger partial charge in [0.25, 0.3) is 0 Å². The number of aliphatic carboxylic acids is 1. The maximum Gasteiger partial charge on any atom is 0.306 e. The van der Waals surface area contributed by atoms with Gasteiger partial charge in [0.15, 0.2) is 0 Å². The van der Waals surface area contributed by atoms with E-state index in [9.17, 15) is 19.5 Å². The van der Waals surface area contributed by atoms with Gasteiger partial charge in [0, 0.05) is 38.0 Å². The van der Waals surface area contributed by atoms with E-state index >= 15 is 0 Å². The van der Waals surface area contributed by atoms with Gasteiger partial charge in [-0.15, -0.1) is 0 Å². The first-order valence-electron chi connectivity index (χ1n) is 9.36. The minimum atomic E-state index is -0.776. The van der Waals surface area contributed by atoms with Crippen LogP contribution in [0, 0.1) is 17.8 Å². The van der Waals surface area contributed by atoms with Crippen molar-refractivity contribution in [3.8, 4) is 0 Å². The van der Waals surface area contributed by atoms with Gasteiger partial charge in [-0.3, -0.25) is 14.4 Å². The van der Waals surface area contributed by atoms with Crippen molar-refractivity contribution in [2.75, 3.05) is 26.2 Å². The molecule has 3 aliphatic rings. The van der Waals surface area contributed by atoms with Gasteiger partial charge < -0.3 is 14.9 Å². The lowest BCUT2D eigenvalue weighted by Crippen LogP contribution is -2.46. The molecule has 1 saturated carbocycles. The van der Waals surface area contributed by atoms with Crippen molar-refractivity contribution < 1.29 is 19.5 Å². The highest BCUT2D eigenvalue weighted by atomic mass is 16.4. The first kappa shape index (κ1) is 17.2. The zero-order valence-corrected chi connectivity index (χ0v) is 14.3. The minimum Gasteiger partial charge on any atom is -0.481 e. The summed E-state index contributed by atoms with van der Waals surface area (Å²) in [5.41, 5.74) is 0. The van der Waals surface area contributed by atoms with Crippen LogP contribution in [0.15, 0.2) is 0 Å². The molecular weight excluding hydrogens is 308 g/mol. The predicted molar refractivity (Wildman–Crippen MR) is 88.2 cm³/mol. The molecule has 1 aliphatic carbocycles. The predicted octanol–water partition coefficient (Wildman–Crippen LogP) is 1.74. The summed E-state index contributed by atoms with van der Waals surface area (Å²) < 4.78 is 0. The van der Waals surface area contributed by atoms with Gasteiger partial charge in [-0.05, 0) is 44.9 Å². The summed E-state index contributed by atoms with van der Waals surface area (Å²) in [6.45, 7) is 3.04. The smallest absolute Gasteiger partial charge is 0.306 e. The van der Waals surface area contributed by atoms with E-state index in [1.54, 1.807) is 0 Å². The molecule has 2 heterocycles. The average molecular weight is 336 g/mol. The Kier molecular flexibility index (Phi) is 5.41. The Morgan fingerprint density at radius 1 is 0.667 bits per heavy atom. The molecule has 3 fully saturated rings. The zero-order valence-electron chi connectivity index (χ0n) is 14.3. The fraction of sp³-hybridized carbons (Fsp3) is 0.833. The molecule has 1 N–H and O–H groups in total. The largest absolute Gasteiger partial charge is 0.481 e. The summed E-state index contributed by atoms with van der Waals surface area (Å²) >= 11 is 0. The first-order chi connectivity index (χ1) is 11.6. The molecule has 3 rings (SSSR count). The van der Waals surface area contributed by atoms with Gasteiger partial charge in [-0.2, -0.15) is 0 Å². The van der Waals surface area contributed by atoms with E-state index in [2.05, 4.69) is 0 Å². The standard InChI is InChI=1S/C18H28N2O4/c21-16(19-8-1-2-9-19)13-6-10-20(11-7-13)17(22)14-4-3-5-15(12-14)18(23)24/h13-15H,1-12H2,(H,23,24). The topological polar surface area (TPSA) is 77.9 Å². The van der Waals surface area contributed by atoms with Crippen LogP contribution in [0.5, 0.6) is 0 Å². The van der Waals surface area contributed by atoms with Crippen LogP contribution in [-0.2, 0) is 14.4 Å². The normalized spacial score (nSPS) is 28.8. The Balaban J connectivity index is 1.49. The molecule has 2 amide bonds. The molecule has 0 spiro atoms. The maximum atomic E-state index is 12.7. The number of hydrogen-bond donors (Lipinski definition) is 1. The van der Waals surface area contributed by atoms with Crippen LogP contribution >= 0.6 is 0 Å². The molecule has 6 nitrogen and oxygen atoms in total. The number of carbonyl (C=O) groups excluding carboxylic acids is 2. The van der Waals surface area contributed by atoms with Gasteiger partial charge in [-0.25, -0.2) is 0 Å². The summed E-state index contributed by atoms with van der Waals surface area (Å²) in [5.74, 6) is -0.864. The molecular formula is C18H28N2O4. The van der Waals surface area contributed by atoms with Gasteiger partial charge in [0.2, 0.25) is 11.8 Å². The van der Waals surface area contributed by atoms with Gasteiger partial charge in [0.05, 0.1) is 5.92 Å². The number of carboxylic acids is 1. The van der Waals surface area contributed by atoms with Crippen molar-refractivity contribution >= 4 is 17.8 Å². The zero-order chi connectivity index (χ0) is 17.1. The second-order valence-electron chi connectivity index (χ2n) is 7.53. The number of carboxylic acid groups (broad SMARTS) is 1. The van der Waals surface area contributed by atoms with Gasteiger partial charge in [-0.1, -0.05) is 6.42 Å². The Bertz CT molecular complexity index is 493. The number of amides is 2. The van der Waals surface area contributed by atoms with E-state index in [4.69, 9.17) is 0 Å². The molecule has 0 bridgehead atoms. The van der Waals surface area contributed by atoms with Crippen molar-refractivity contribution in [2.45, 2.75) is 51.4 Å². The number of rotatable bonds is 3. The van der Waals surface area contributed by atoms with Crippen LogP contribution in [-0.4, -0.2) is 58.9 Å². The molecule has 24 heavy (non-hydrogen) atoms. The number of hydrogen-bond acceptors (Lipinski definition) is 3. The first-order valence-corrected chi connectivity index (χ1v) is 9.36. The SMILES string of the molecule is O=C(O)C1CCCC(C(=O)N2CCC(C(=O)N3CCCC3)CC2)C1. The molecule has 0 aromatic carbocycles. The second-order valence-corrected chi connectivity index (χ2v) is 7.53. The summed E-state index contributed by atoms with van der Waals surface area (Å²) in [6, 6.07) is 0. The third-order valence-corrected chi connectivity index (χ3v) is 5.95. The summed E-state index contributed by atoms with van der Waals surface area (Å²) in [6.07, 6.45) is 6.48. The molecule has 2 saturated heterocycles. The fourth-order valence-electron chi connectivity index (χ4n) is 4.44. The molecule has 2 unspecified atom stereocenters. The lowest BCUT2D eigenvalue weighted by molar-refractivity contribution is -0.147. The summed E-state index contributed by atoms with van der Waals surface area (Å²) in [7, 11) is 0. The quantitative estimate of drug-likeness (QED) is 0.851. The van der Waals surface area contributed by atoms with Gasteiger partial charge >= 0.3 is 5.97 Å². The number of piperidine rings is 1. The van der Waals surface area contributed by atoms with Crippen molar-refractivity contribution in [3.05, 3.63) is 0 Å². The molecule has 0 aromatic rings. The molecule has 2 atom stereocenters. The Hall–Kier alpha value is -1.59.